The summed E-state index contributed by atoms with van der Waals surface area (Å²) in [5.74, 6) is 0.458. The summed E-state index contributed by atoms with van der Waals surface area (Å²) in [7, 11) is 1.35. The summed E-state index contributed by atoms with van der Waals surface area (Å²) in [4.78, 5) is 10.9. The van der Waals surface area contributed by atoms with Crippen LogP contribution in [0.2, 0.25) is 0 Å². The first kappa shape index (κ1) is 40.4. The summed E-state index contributed by atoms with van der Waals surface area (Å²) in [5, 5.41) is 0. The Morgan fingerprint density at radius 3 is 0.951 bits per heavy atom. The van der Waals surface area contributed by atoms with Crippen molar-refractivity contribution in [3.05, 3.63) is 0 Å². The zero-order valence-electron chi connectivity index (χ0n) is 25.2. The number of esters is 1. The molecule has 0 unspecified atom stereocenters. The van der Waals surface area contributed by atoms with E-state index in [0.29, 0.717) is 126 Å². The maximum Gasteiger partial charge on any atom is 0.307 e. The summed E-state index contributed by atoms with van der Waals surface area (Å²) >= 11 is 5.64. The van der Waals surface area contributed by atoms with Crippen LogP contribution >= 0.6 is 11.6 Å². The van der Waals surface area contributed by atoms with Gasteiger partial charge < -0.3 is 52.1 Å². The van der Waals surface area contributed by atoms with Crippen LogP contribution in [0.4, 0.5) is 0 Å². The van der Waals surface area contributed by atoms with Gasteiger partial charge in [-0.3, -0.25) is 4.79 Å². The van der Waals surface area contributed by atoms with Crippen LogP contribution in [-0.2, 0) is 56.9 Å². The van der Waals surface area contributed by atoms with Gasteiger partial charge in [-0.1, -0.05) is 12.8 Å². The van der Waals surface area contributed by atoms with E-state index in [1.54, 1.807) is 0 Å². The van der Waals surface area contributed by atoms with Crippen LogP contribution in [0.3, 0.4) is 0 Å². The first-order valence-corrected chi connectivity index (χ1v) is 15.2. The lowest BCUT2D eigenvalue weighted by Crippen LogP contribution is -2.15. The molecule has 0 aliphatic carbocycles. The van der Waals surface area contributed by atoms with Gasteiger partial charge in [0.25, 0.3) is 0 Å². The van der Waals surface area contributed by atoms with E-state index in [4.69, 9.17) is 59.0 Å². The molecule has 13 heteroatoms. The normalized spacial score (nSPS) is 11.4. The quantitative estimate of drug-likeness (QED) is 0.0583. The van der Waals surface area contributed by atoms with Gasteiger partial charge in [0.2, 0.25) is 0 Å². The third-order valence-electron chi connectivity index (χ3n) is 5.20. The Bertz CT molecular complexity index is 505. The van der Waals surface area contributed by atoms with Crippen molar-refractivity contribution in [3.8, 4) is 0 Å². The Balaban J connectivity index is 3.04. The van der Waals surface area contributed by atoms with Crippen molar-refractivity contribution in [1.82, 2.24) is 0 Å². The van der Waals surface area contributed by atoms with E-state index in [9.17, 15) is 4.79 Å². The highest BCUT2D eigenvalue weighted by molar-refractivity contribution is 6.17. The van der Waals surface area contributed by atoms with Crippen molar-refractivity contribution in [1.29, 1.82) is 0 Å². The van der Waals surface area contributed by atoms with Crippen molar-refractivity contribution >= 4 is 17.6 Å². The van der Waals surface area contributed by atoms with E-state index in [-0.39, 0.29) is 12.4 Å². The van der Waals surface area contributed by atoms with Crippen LogP contribution in [0.15, 0.2) is 0 Å². The molecule has 0 rings (SSSR count). The van der Waals surface area contributed by atoms with Crippen LogP contribution in [0.5, 0.6) is 0 Å². The molecule has 0 aliphatic rings. The zero-order valence-corrected chi connectivity index (χ0v) is 25.9. The summed E-state index contributed by atoms with van der Waals surface area (Å²) in [5.41, 5.74) is 0. The number of carbonyl (C=O) groups is 1. The number of hydrogen-bond acceptors (Lipinski definition) is 12. The van der Waals surface area contributed by atoms with Crippen molar-refractivity contribution in [2.24, 2.45) is 0 Å². The Morgan fingerprint density at radius 1 is 0.390 bits per heavy atom. The molecule has 0 saturated carbocycles. The summed E-state index contributed by atoms with van der Waals surface area (Å²) in [6, 6.07) is 0. The second-order valence-electron chi connectivity index (χ2n) is 8.55. The highest BCUT2D eigenvalue weighted by Crippen LogP contribution is 2.01. The lowest BCUT2D eigenvalue weighted by atomic mass is 10.2. The molecule has 0 atom stereocenters. The van der Waals surface area contributed by atoms with Gasteiger partial charge in [0.05, 0.1) is 139 Å². The van der Waals surface area contributed by atoms with Crippen molar-refractivity contribution in [2.75, 3.05) is 145 Å². The van der Waals surface area contributed by atoms with Gasteiger partial charge in [0.15, 0.2) is 0 Å². The molecule has 0 radical (unpaired) electrons. The zero-order chi connectivity index (χ0) is 29.7. The smallest absolute Gasteiger partial charge is 0.307 e. The molecule has 0 fully saturated rings. The molecule has 0 aromatic heterocycles. The predicted molar refractivity (Wildman–Crippen MR) is 154 cm³/mol. The molecule has 0 N–H and O–H groups in total. The number of hydrogen-bond donors (Lipinski definition) is 0. The number of unbranched alkanes of at least 4 members (excludes halogenated alkanes) is 3. The van der Waals surface area contributed by atoms with Gasteiger partial charge in [-0.15, -0.1) is 11.6 Å². The molecular weight excluding hydrogens is 564 g/mol. The Morgan fingerprint density at radius 2 is 0.659 bits per heavy atom. The number of halogens is 1. The standard InChI is InChI=1S/C28H55ClO12/c1-31-28(30)6-9-33-11-13-35-15-17-37-19-21-39-23-25-41-27-26-40-24-22-38-20-18-36-16-14-34-12-10-32-8-5-3-2-4-7-29/h2-27H2,1H3. The lowest BCUT2D eigenvalue weighted by molar-refractivity contribution is -0.141. The minimum atomic E-state index is -0.284. The SMILES string of the molecule is COC(=O)CCOCCOCCOCCOCCOCCOCCOCCOCCOCCOCCCCCCCl. The fourth-order valence-corrected chi connectivity index (χ4v) is 3.18. The third kappa shape index (κ3) is 37.3. The molecule has 0 aromatic rings. The van der Waals surface area contributed by atoms with E-state index < -0.39 is 0 Å². The average Bonchev–Trinajstić information content (AvgIpc) is 2.99. The van der Waals surface area contributed by atoms with Gasteiger partial charge in [0.1, 0.15) is 0 Å². The molecule has 41 heavy (non-hydrogen) atoms. The minimum Gasteiger partial charge on any atom is -0.469 e. The van der Waals surface area contributed by atoms with Crippen LogP contribution in [0, 0.1) is 0 Å². The molecule has 0 amide bonds. The van der Waals surface area contributed by atoms with E-state index in [2.05, 4.69) is 4.74 Å². The molecular formula is C28H55ClO12. The Labute approximate surface area is 251 Å². The molecule has 0 aromatic carbocycles. The molecule has 0 heterocycles. The van der Waals surface area contributed by atoms with Gasteiger partial charge in [-0.25, -0.2) is 0 Å². The second kappa shape index (κ2) is 37.4. The third-order valence-corrected chi connectivity index (χ3v) is 5.47. The fourth-order valence-electron chi connectivity index (χ4n) is 2.99. The fraction of sp³-hybridized carbons (Fsp3) is 0.964. The first-order valence-electron chi connectivity index (χ1n) is 14.7. The lowest BCUT2D eigenvalue weighted by Gasteiger charge is -2.09. The maximum atomic E-state index is 10.9. The average molecular weight is 619 g/mol. The van der Waals surface area contributed by atoms with Crippen molar-refractivity contribution in [3.63, 3.8) is 0 Å². The van der Waals surface area contributed by atoms with Crippen molar-refractivity contribution < 1.29 is 56.9 Å². The van der Waals surface area contributed by atoms with Gasteiger partial charge >= 0.3 is 5.97 Å². The molecule has 246 valence electrons. The van der Waals surface area contributed by atoms with E-state index in [0.717, 1.165) is 25.3 Å². The molecule has 0 spiro atoms. The summed E-state index contributed by atoms with van der Waals surface area (Å²) in [6.07, 6.45) is 4.74. The van der Waals surface area contributed by atoms with Gasteiger partial charge in [0, 0.05) is 12.5 Å². The van der Waals surface area contributed by atoms with Crippen LogP contribution in [0.1, 0.15) is 32.1 Å². The van der Waals surface area contributed by atoms with Gasteiger partial charge in [-0.2, -0.15) is 0 Å². The van der Waals surface area contributed by atoms with Crippen LogP contribution < -0.4 is 0 Å². The monoisotopic (exact) mass is 618 g/mol. The van der Waals surface area contributed by atoms with Gasteiger partial charge in [-0.05, 0) is 12.8 Å². The van der Waals surface area contributed by atoms with E-state index in [1.807, 2.05) is 0 Å². The Kier molecular flexibility index (Phi) is 36.8. The summed E-state index contributed by atoms with van der Waals surface area (Å²) in [6.45, 7) is 10.3. The largest absolute Gasteiger partial charge is 0.469 e. The van der Waals surface area contributed by atoms with E-state index >= 15 is 0 Å². The molecule has 12 nitrogen and oxygen atoms in total. The second-order valence-corrected chi connectivity index (χ2v) is 8.93. The minimum absolute atomic E-state index is 0.247. The molecule has 0 bridgehead atoms. The number of rotatable bonds is 36. The molecule has 0 aliphatic heterocycles. The maximum absolute atomic E-state index is 10.9. The number of carbonyl (C=O) groups excluding carboxylic acids is 1. The first-order chi connectivity index (χ1) is 20.3. The highest BCUT2D eigenvalue weighted by Gasteiger charge is 1.99. The number of alkyl halides is 1. The topological polar surface area (TPSA) is 119 Å². The predicted octanol–water partition coefficient (Wildman–Crippen LogP) is 2.51. The van der Waals surface area contributed by atoms with Crippen LogP contribution in [-0.4, -0.2) is 151 Å². The number of methoxy groups -OCH3 is 1. The highest BCUT2D eigenvalue weighted by atomic mass is 35.5. The Hall–Kier alpha value is -0.640. The van der Waals surface area contributed by atoms with Crippen LogP contribution in [0.25, 0.3) is 0 Å². The van der Waals surface area contributed by atoms with E-state index in [1.165, 1.54) is 20.0 Å². The number of ether oxygens (including phenoxy) is 11. The van der Waals surface area contributed by atoms with Crippen molar-refractivity contribution in [2.45, 2.75) is 32.1 Å². The molecule has 0 saturated heterocycles. The summed E-state index contributed by atoms with van der Waals surface area (Å²) < 4.78 is 58.8.